The van der Waals surface area contributed by atoms with Crippen molar-refractivity contribution in [3.63, 3.8) is 0 Å². The van der Waals surface area contributed by atoms with E-state index in [1.54, 1.807) is 18.2 Å². The SMILES string of the molecule is CC(CCNS(=O)(=O)c1cccc(N)c1)c1ccccc1. The van der Waals surface area contributed by atoms with Crippen molar-refractivity contribution in [3.05, 3.63) is 60.2 Å². The second kappa shape index (κ2) is 6.74. The van der Waals surface area contributed by atoms with Crippen molar-refractivity contribution in [1.82, 2.24) is 4.72 Å². The fraction of sp³-hybridized carbons (Fsp3) is 0.250. The summed E-state index contributed by atoms with van der Waals surface area (Å²) in [7, 11) is -3.49. The van der Waals surface area contributed by atoms with Crippen molar-refractivity contribution in [2.24, 2.45) is 0 Å². The summed E-state index contributed by atoms with van der Waals surface area (Å²) in [6.45, 7) is 2.48. The number of nitrogens with one attached hydrogen (secondary N) is 1. The lowest BCUT2D eigenvalue weighted by molar-refractivity contribution is 0.572. The molecule has 1 atom stereocenters. The van der Waals surface area contributed by atoms with Gasteiger partial charge >= 0.3 is 0 Å². The number of nitrogen functional groups attached to an aromatic ring is 1. The van der Waals surface area contributed by atoms with Crippen LogP contribution in [0.3, 0.4) is 0 Å². The number of sulfonamides is 1. The normalized spacial score (nSPS) is 13.0. The van der Waals surface area contributed by atoms with Gasteiger partial charge in [-0.1, -0.05) is 43.3 Å². The van der Waals surface area contributed by atoms with Gasteiger partial charge in [0, 0.05) is 12.2 Å². The molecule has 4 nitrogen and oxygen atoms in total. The zero-order valence-electron chi connectivity index (χ0n) is 12.0. The number of benzene rings is 2. The maximum absolute atomic E-state index is 12.1. The lowest BCUT2D eigenvalue weighted by atomic mass is 9.98. The Morgan fingerprint density at radius 2 is 1.81 bits per heavy atom. The summed E-state index contributed by atoms with van der Waals surface area (Å²) in [6.07, 6.45) is 0.742. The largest absolute Gasteiger partial charge is 0.399 e. The van der Waals surface area contributed by atoms with E-state index in [-0.39, 0.29) is 4.90 Å². The number of rotatable bonds is 6. The molecule has 0 spiro atoms. The predicted octanol–water partition coefficient (Wildman–Crippen LogP) is 2.74. The van der Waals surface area contributed by atoms with Gasteiger partial charge in [-0.3, -0.25) is 0 Å². The first-order valence-corrected chi connectivity index (χ1v) is 8.37. The van der Waals surface area contributed by atoms with E-state index in [1.807, 2.05) is 18.2 Å². The van der Waals surface area contributed by atoms with Crippen molar-refractivity contribution >= 4 is 15.7 Å². The van der Waals surface area contributed by atoms with Crippen LogP contribution in [0.4, 0.5) is 5.69 Å². The summed E-state index contributed by atoms with van der Waals surface area (Å²) < 4.78 is 26.9. The Labute approximate surface area is 126 Å². The monoisotopic (exact) mass is 304 g/mol. The third-order valence-corrected chi connectivity index (χ3v) is 4.87. The van der Waals surface area contributed by atoms with Crippen LogP contribution in [0.25, 0.3) is 0 Å². The molecule has 1 unspecified atom stereocenters. The highest BCUT2D eigenvalue weighted by atomic mass is 32.2. The van der Waals surface area contributed by atoms with Gasteiger partial charge in [0.05, 0.1) is 4.90 Å². The first-order chi connectivity index (χ1) is 9.99. The first-order valence-electron chi connectivity index (χ1n) is 6.89. The number of nitrogens with two attached hydrogens (primary N) is 1. The molecule has 0 fully saturated rings. The highest BCUT2D eigenvalue weighted by Crippen LogP contribution is 2.18. The second-order valence-corrected chi connectivity index (χ2v) is 6.84. The summed E-state index contributed by atoms with van der Waals surface area (Å²) in [6, 6.07) is 16.4. The van der Waals surface area contributed by atoms with Crippen molar-refractivity contribution in [1.29, 1.82) is 0 Å². The van der Waals surface area contributed by atoms with Gasteiger partial charge in [-0.05, 0) is 36.1 Å². The maximum Gasteiger partial charge on any atom is 0.240 e. The molecule has 0 saturated carbocycles. The van der Waals surface area contributed by atoms with E-state index in [1.165, 1.54) is 11.6 Å². The third kappa shape index (κ3) is 4.31. The number of anilines is 1. The molecule has 0 aliphatic carbocycles. The Balaban J connectivity index is 1.94. The smallest absolute Gasteiger partial charge is 0.240 e. The van der Waals surface area contributed by atoms with Gasteiger partial charge in [0.1, 0.15) is 0 Å². The van der Waals surface area contributed by atoms with Gasteiger partial charge in [0.15, 0.2) is 0 Å². The van der Waals surface area contributed by atoms with Crippen LogP contribution < -0.4 is 10.5 Å². The quantitative estimate of drug-likeness (QED) is 0.806. The Bertz CT molecular complexity index is 684. The van der Waals surface area contributed by atoms with Gasteiger partial charge < -0.3 is 5.73 Å². The summed E-state index contributed by atoms with van der Waals surface area (Å²) in [5.41, 5.74) is 7.27. The van der Waals surface area contributed by atoms with Gasteiger partial charge in [-0.2, -0.15) is 0 Å². The van der Waals surface area contributed by atoms with Crippen molar-refractivity contribution in [2.75, 3.05) is 12.3 Å². The Morgan fingerprint density at radius 3 is 2.48 bits per heavy atom. The zero-order chi connectivity index (χ0) is 15.3. The van der Waals surface area contributed by atoms with Crippen LogP contribution in [0.5, 0.6) is 0 Å². The average Bonchev–Trinajstić information content (AvgIpc) is 2.48. The molecular formula is C16H20N2O2S. The van der Waals surface area contributed by atoms with E-state index in [2.05, 4.69) is 23.8 Å². The van der Waals surface area contributed by atoms with Gasteiger partial charge in [-0.25, -0.2) is 13.1 Å². The molecular weight excluding hydrogens is 284 g/mol. The number of hydrogen-bond acceptors (Lipinski definition) is 3. The molecule has 0 bridgehead atoms. The molecule has 0 aliphatic heterocycles. The summed E-state index contributed by atoms with van der Waals surface area (Å²) in [5, 5.41) is 0. The highest BCUT2D eigenvalue weighted by molar-refractivity contribution is 7.89. The van der Waals surface area contributed by atoms with E-state index in [9.17, 15) is 8.42 Å². The topological polar surface area (TPSA) is 72.2 Å². The lowest BCUT2D eigenvalue weighted by Crippen LogP contribution is -2.25. The summed E-state index contributed by atoms with van der Waals surface area (Å²) >= 11 is 0. The molecule has 0 aromatic heterocycles. The number of hydrogen-bond donors (Lipinski definition) is 2. The van der Waals surface area contributed by atoms with Gasteiger partial charge in [0.25, 0.3) is 0 Å². The van der Waals surface area contributed by atoms with Crippen LogP contribution in [0.1, 0.15) is 24.8 Å². The molecule has 112 valence electrons. The minimum atomic E-state index is -3.49. The maximum atomic E-state index is 12.1. The predicted molar refractivity (Wildman–Crippen MR) is 85.5 cm³/mol. The molecule has 2 aromatic rings. The van der Waals surface area contributed by atoms with E-state index in [0.717, 1.165) is 6.42 Å². The fourth-order valence-electron chi connectivity index (χ4n) is 2.12. The molecule has 21 heavy (non-hydrogen) atoms. The summed E-state index contributed by atoms with van der Waals surface area (Å²) in [5.74, 6) is 0.301. The molecule has 0 heterocycles. The van der Waals surface area contributed by atoms with Crippen LogP contribution in [0.2, 0.25) is 0 Å². The average molecular weight is 304 g/mol. The van der Waals surface area contributed by atoms with Gasteiger partial charge in [0.2, 0.25) is 10.0 Å². The fourth-order valence-corrected chi connectivity index (χ4v) is 3.23. The van der Waals surface area contributed by atoms with Crippen LogP contribution in [-0.4, -0.2) is 15.0 Å². The van der Waals surface area contributed by atoms with Crippen molar-refractivity contribution < 1.29 is 8.42 Å². The third-order valence-electron chi connectivity index (χ3n) is 3.41. The van der Waals surface area contributed by atoms with Crippen LogP contribution in [0.15, 0.2) is 59.5 Å². The molecule has 5 heteroatoms. The first kappa shape index (κ1) is 15.5. The van der Waals surface area contributed by atoms with E-state index < -0.39 is 10.0 Å². The standard InChI is InChI=1S/C16H20N2O2S/c1-13(14-6-3-2-4-7-14)10-11-18-21(19,20)16-9-5-8-15(17)12-16/h2-9,12-13,18H,10-11,17H2,1H3. The zero-order valence-corrected chi connectivity index (χ0v) is 12.8. The van der Waals surface area contributed by atoms with E-state index in [4.69, 9.17) is 5.73 Å². The van der Waals surface area contributed by atoms with E-state index >= 15 is 0 Å². The minimum absolute atomic E-state index is 0.204. The summed E-state index contributed by atoms with van der Waals surface area (Å²) in [4.78, 5) is 0.204. The molecule has 0 saturated heterocycles. The van der Waals surface area contributed by atoms with Gasteiger partial charge in [-0.15, -0.1) is 0 Å². The Morgan fingerprint density at radius 1 is 1.10 bits per heavy atom. The highest BCUT2D eigenvalue weighted by Gasteiger charge is 2.14. The molecule has 2 rings (SSSR count). The lowest BCUT2D eigenvalue weighted by Gasteiger charge is -2.13. The molecule has 0 amide bonds. The van der Waals surface area contributed by atoms with Crippen LogP contribution in [-0.2, 0) is 10.0 Å². The van der Waals surface area contributed by atoms with E-state index in [0.29, 0.717) is 18.2 Å². The Kier molecular flexibility index (Phi) is 4.98. The van der Waals surface area contributed by atoms with Crippen LogP contribution >= 0.6 is 0 Å². The minimum Gasteiger partial charge on any atom is -0.399 e. The molecule has 2 aromatic carbocycles. The van der Waals surface area contributed by atoms with Crippen LogP contribution in [0, 0.1) is 0 Å². The molecule has 0 aliphatic rings. The molecule has 0 radical (unpaired) electrons. The second-order valence-electron chi connectivity index (χ2n) is 5.07. The van der Waals surface area contributed by atoms with Crippen molar-refractivity contribution in [3.8, 4) is 0 Å². The van der Waals surface area contributed by atoms with Crippen molar-refractivity contribution in [2.45, 2.75) is 24.2 Å². The molecule has 3 N–H and O–H groups in total. The Hall–Kier alpha value is -1.85.